The van der Waals surface area contributed by atoms with Crippen LogP contribution in [0.3, 0.4) is 0 Å². The van der Waals surface area contributed by atoms with Gasteiger partial charge in [-0.25, -0.2) is 0 Å². The van der Waals surface area contributed by atoms with Crippen molar-refractivity contribution in [2.45, 2.75) is 25.7 Å². The van der Waals surface area contributed by atoms with Crippen LogP contribution in [0.5, 0.6) is 11.5 Å². The number of nitrogens with zero attached hydrogens (tertiary/aromatic N) is 1. The average Bonchev–Trinajstić information content (AvgIpc) is 3.43. The molecule has 1 fully saturated rings. The molecule has 0 aliphatic carbocycles. The Morgan fingerprint density at radius 2 is 1.83 bits per heavy atom. The van der Waals surface area contributed by atoms with Crippen molar-refractivity contribution >= 4 is 62.7 Å². The highest BCUT2D eigenvalue weighted by Gasteiger charge is 2.31. The highest BCUT2D eigenvalue weighted by atomic mass is 32.2. The van der Waals surface area contributed by atoms with Gasteiger partial charge < -0.3 is 14.8 Å². The first-order valence-corrected chi connectivity index (χ1v) is 12.7. The van der Waals surface area contributed by atoms with E-state index in [9.17, 15) is 9.59 Å². The number of nitrogens with one attached hydrogen (secondary N) is 1. The molecule has 6 nitrogen and oxygen atoms in total. The fourth-order valence-corrected chi connectivity index (χ4v) is 5.38. The minimum Gasteiger partial charge on any atom is -0.454 e. The number of thiocarbonyl (C=S) groups is 1. The smallest absolute Gasteiger partial charge is 0.266 e. The number of hydrogen-bond acceptors (Lipinski definition) is 6. The first kappa shape index (κ1) is 23.4. The van der Waals surface area contributed by atoms with Crippen LogP contribution < -0.4 is 14.8 Å². The Balaban J connectivity index is 1.07. The number of hydrogen-bond donors (Lipinski definition) is 1. The number of rotatable bonds is 8. The molecule has 3 aromatic carbocycles. The number of fused-ring (bicyclic) bond motifs is 2. The van der Waals surface area contributed by atoms with Crippen molar-refractivity contribution in [1.82, 2.24) is 4.90 Å². The first-order chi connectivity index (χ1) is 17.1. The Bertz CT molecular complexity index is 1340. The normalized spacial score (nSPS) is 15.9. The summed E-state index contributed by atoms with van der Waals surface area (Å²) < 4.78 is 11.3. The van der Waals surface area contributed by atoms with Crippen molar-refractivity contribution < 1.29 is 19.1 Å². The van der Waals surface area contributed by atoms with Crippen LogP contribution in [0.15, 0.2) is 65.6 Å². The second-order valence-electron chi connectivity index (χ2n) is 8.37. The number of anilines is 1. The van der Waals surface area contributed by atoms with Gasteiger partial charge in [-0.05, 0) is 59.5 Å². The zero-order valence-corrected chi connectivity index (χ0v) is 20.6. The lowest BCUT2D eigenvalue weighted by Gasteiger charge is -2.14. The molecule has 2 aliphatic heterocycles. The van der Waals surface area contributed by atoms with Crippen molar-refractivity contribution in [1.29, 1.82) is 0 Å². The van der Waals surface area contributed by atoms with Crippen LogP contribution in [0, 0.1) is 0 Å². The summed E-state index contributed by atoms with van der Waals surface area (Å²) >= 11 is 6.75. The van der Waals surface area contributed by atoms with Gasteiger partial charge in [0.2, 0.25) is 12.7 Å². The topological polar surface area (TPSA) is 67.9 Å². The number of benzene rings is 3. The minimum absolute atomic E-state index is 0.00227. The summed E-state index contributed by atoms with van der Waals surface area (Å²) in [4.78, 5) is 27.4. The molecule has 178 valence electrons. The van der Waals surface area contributed by atoms with E-state index in [1.54, 1.807) is 4.90 Å². The van der Waals surface area contributed by atoms with Crippen LogP contribution in [0.4, 0.5) is 5.69 Å². The van der Waals surface area contributed by atoms with E-state index in [0.29, 0.717) is 33.7 Å². The van der Waals surface area contributed by atoms with Gasteiger partial charge in [0.1, 0.15) is 4.32 Å². The van der Waals surface area contributed by atoms with Crippen molar-refractivity contribution in [3.8, 4) is 11.5 Å². The Hall–Kier alpha value is -3.36. The van der Waals surface area contributed by atoms with Crippen LogP contribution >= 0.6 is 24.0 Å². The fourth-order valence-electron chi connectivity index (χ4n) is 4.07. The van der Waals surface area contributed by atoms with Gasteiger partial charge in [-0.15, -0.1) is 0 Å². The number of carbonyl (C=O) groups is 2. The van der Waals surface area contributed by atoms with Gasteiger partial charge in [0.05, 0.1) is 4.91 Å². The Morgan fingerprint density at radius 3 is 2.71 bits per heavy atom. The van der Waals surface area contributed by atoms with Gasteiger partial charge in [0.25, 0.3) is 5.91 Å². The Kier molecular flexibility index (Phi) is 7.01. The standard InChI is InChI=1S/C27H24N2O4S2/c30-25(28-21-11-10-19-6-3-4-7-20(19)16-21)8-2-1-5-13-29-26(31)24(35-27(29)34)15-18-9-12-22-23(14-18)33-17-32-22/h3-4,6-7,9-12,14-16H,1-2,5,8,13,17H2,(H,28,30)/b24-15-. The lowest BCUT2D eigenvalue weighted by Crippen LogP contribution is -2.29. The Morgan fingerprint density at radius 1 is 1.00 bits per heavy atom. The zero-order valence-electron chi connectivity index (χ0n) is 19.0. The average molecular weight is 505 g/mol. The van der Waals surface area contributed by atoms with E-state index in [1.807, 2.05) is 66.7 Å². The predicted octanol–water partition coefficient (Wildman–Crippen LogP) is 5.97. The highest BCUT2D eigenvalue weighted by molar-refractivity contribution is 8.26. The van der Waals surface area contributed by atoms with Gasteiger partial charge in [-0.2, -0.15) is 0 Å². The molecule has 0 radical (unpaired) electrons. The number of ether oxygens (including phenoxy) is 2. The van der Waals surface area contributed by atoms with Gasteiger partial charge in [-0.1, -0.05) is 66.8 Å². The molecule has 0 spiro atoms. The lowest BCUT2D eigenvalue weighted by atomic mass is 10.1. The summed E-state index contributed by atoms with van der Waals surface area (Å²) in [7, 11) is 0. The van der Waals surface area contributed by atoms with Gasteiger partial charge in [-0.3, -0.25) is 14.5 Å². The molecule has 0 saturated carbocycles. The van der Waals surface area contributed by atoms with E-state index in [-0.39, 0.29) is 18.6 Å². The molecule has 5 rings (SSSR count). The number of amides is 2. The van der Waals surface area contributed by atoms with Crippen LogP contribution in [0.1, 0.15) is 31.2 Å². The summed E-state index contributed by atoms with van der Waals surface area (Å²) in [5.74, 6) is 1.31. The van der Waals surface area contributed by atoms with Gasteiger partial charge in [0.15, 0.2) is 11.5 Å². The maximum Gasteiger partial charge on any atom is 0.266 e. The summed E-state index contributed by atoms with van der Waals surface area (Å²) in [6, 6.07) is 19.6. The van der Waals surface area contributed by atoms with Crippen molar-refractivity contribution in [3.05, 3.63) is 71.1 Å². The second-order valence-corrected chi connectivity index (χ2v) is 10.0. The predicted molar refractivity (Wildman–Crippen MR) is 143 cm³/mol. The molecule has 0 unspecified atom stereocenters. The molecular formula is C27H24N2O4S2. The maximum atomic E-state index is 12.9. The molecule has 0 aromatic heterocycles. The largest absolute Gasteiger partial charge is 0.454 e. The number of unbranched alkanes of at least 4 members (excludes halogenated alkanes) is 2. The molecule has 0 bridgehead atoms. The summed E-state index contributed by atoms with van der Waals surface area (Å²) in [6.07, 6.45) is 4.64. The number of thioether (sulfide) groups is 1. The van der Waals surface area contributed by atoms with Crippen molar-refractivity contribution in [2.75, 3.05) is 18.7 Å². The van der Waals surface area contributed by atoms with Crippen LogP contribution in [-0.4, -0.2) is 34.4 Å². The molecule has 0 atom stereocenters. The quantitative estimate of drug-likeness (QED) is 0.232. The molecule has 8 heteroatoms. The molecule has 2 aliphatic rings. The zero-order chi connectivity index (χ0) is 24.2. The maximum absolute atomic E-state index is 12.9. The van der Waals surface area contributed by atoms with E-state index in [1.165, 1.54) is 11.8 Å². The summed E-state index contributed by atoms with van der Waals surface area (Å²) in [5, 5.41) is 5.22. The van der Waals surface area contributed by atoms with Crippen LogP contribution in [-0.2, 0) is 9.59 Å². The van der Waals surface area contributed by atoms with E-state index in [0.717, 1.165) is 41.3 Å². The third-order valence-electron chi connectivity index (χ3n) is 5.89. The second kappa shape index (κ2) is 10.5. The van der Waals surface area contributed by atoms with E-state index in [4.69, 9.17) is 21.7 Å². The van der Waals surface area contributed by atoms with E-state index < -0.39 is 0 Å². The third kappa shape index (κ3) is 5.49. The molecule has 1 saturated heterocycles. The Labute approximate surface area is 213 Å². The van der Waals surface area contributed by atoms with Crippen molar-refractivity contribution in [2.24, 2.45) is 0 Å². The van der Waals surface area contributed by atoms with E-state index >= 15 is 0 Å². The molecule has 35 heavy (non-hydrogen) atoms. The highest BCUT2D eigenvalue weighted by Crippen LogP contribution is 2.36. The van der Waals surface area contributed by atoms with E-state index in [2.05, 4.69) is 5.32 Å². The molecule has 2 heterocycles. The molecule has 3 aromatic rings. The summed E-state index contributed by atoms with van der Waals surface area (Å²) in [6.45, 7) is 0.765. The minimum atomic E-state index is -0.0771. The molecular weight excluding hydrogens is 480 g/mol. The lowest BCUT2D eigenvalue weighted by molar-refractivity contribution is -0.122. The fraction of sp³-hybridized carbons (Fsp3) is 0.222. The molecule has 1 N–H and O–H groups in total. The van der Waals surface area contributed by atoms with Gasteiger partial charge in [0, 0.05) is 18.7 Å². The molecule has 2 amide bonds. The van der Waals surface area contributed by atoms with Crippen LogP contribution in [0.25, 0.3) is 16.8 Å². The summed E-state index contributed by atoms with van der Waals surface area (Å²) in [5.41, 5.74) is 1.67. The SMILES string of the molecule is O=C(CCCCCN1C(=O)/C(=C/c2ccc3c(c2)OCO3)SC1=S)Nc1ccc2ccccc2c1. The van der Waals surface area contributed by atoms with Crippen molar-refractivity contribution in [3.63, 3.8) is 0 Å². The van der Waals surface area contributed by atoms with Gasteiger partial charge >= 0.3 is 0 Å². The monoisotopic (exact) mass is 504 g/mol. The first-order valence-electron chi connectivity index (χ1n) is 11.5. The number of carbonyl (C=O) groups excluding carboxylic acids is 2. The van der Waals surface area contributed by atoms with Crippen LogP contribution in [0.2, 0.25) is 0 Å². The third-order valence-corrected chi connectivity index (χ3v) is 7.26.